The first kappa shape index (κ1) is 20.2. The van der Waals surface area contributed by atoms with Crippen molar-refractivity contribution in [1.29, 1.82) is 0 Å². The summed E-state index contributed by atoms with van der Waals surface area (Å²) in [7, 11) is 1.77. The van der Waals surface area contributed by atoms with Gasteiger partial charge in [0.05, 0.1) is 6.04 Å². The minimum atomic E-state index is 0. The average Bonchev–Trinajstić information content (AvgIpc) is 2.78. The van der Waals surface area contributed by atoms with Crippen LogP contribution in [-0.4, -0.2) is 31.6 Å². The molecule has 122 valence electrons. The third kappa shape index (κ3) is 8.31. The van der Waals surface area contributed by atoms with E-state index in [0.29, 0.717) is 0 Å². The molecule has 0 spiro atoms. The number of rotatable bonds is 5. The molecule has 1 rings (SSSR count). The molecule has 0 aromatic carbocycles. The number of nitrogens with one attached hydrogen (secondary N) is 3. The second-order valence-electron chi connectivity index (χ2n) is 5.99. The van der Waals surface area contributed by atoms with Crippen molar-refractivity contribution < 1.29 is 4.42 Å². The van der Waals surface area contributed by atoms with Crippen LogP contribution in [0, 0.1) is 6.92 Å². The van der Waals surface area contributed by atoms with Gasteiger partial charge in [-0.2, -0.15) is 0 Å². The number of aliphatic imine (C=N–C) groups is 1. The van der Waals surface area contributed by atoms with Crippen LogP contribution in [0.25, 0.3) is 0 Å². The summed E-state index contributed by atoms with van der Waals surface area (Å²) in [5.41, 5.74) is 0.137. The van der Waals surface area contributed by atoms with Crippen LogP contribution in [0.5, 0.6) is 0 Å². The molecule has 0 saturated heterocycles. The quantitative estimate of drug-likeness (QED) is 0.304. The lowest BCUT2D eigenvalue weighted by atomic mass is 10.1. The van der Waals surface area contributed by atoms with Gasteiger partial charge >= 0.3 is 0 Å². The Morgan fingerprint density at radius 3 is 2.43 bits per heavy atom. The Morgan fingerprint density at radius 2 is 1.95 bits per heavy atom. The first-order chi connectivity index (χ1) is 9.31. The second-order valence-corrected chi connectivity index (χ2v) is 5.99. The molecule has 6 heteroatoms. The zero-order chi connectivity index (χ0) is 15.2. The average molecular weight is 408 g/mol. The van der Waals surface area contributed by atoms with E-state index in [0.717, 1.165) is 30.6 Å². The van der Waals surface area contributed by atoms with Crippen molar-refractivity contribution in [2.45, 2.75) is 46.2 Å². The first-order valence-electron chi connectivity index (χ1n) is 7.10. The largest absolute Gasteiger partial charge is 0.464 e. The summed E-state index contributed by atoms with van der Waals surface area (Å²) < 4.78 is 5.60. The van der Waals surface area contributed by atoms with Crippen LogP contribution in [0.2, 0.25) is 0 Å². The van der Waals surface area contributed by atoms with Crippen LogP contribution in [0.3, 0.4) is 0 Å². The Balaban J connectivity index is 0.00000400. The highest BCUT2D eigenvalue weighted by atomic mass is 127. The van der Waals surface area contributed by atoms with Gasteiger partial charge in [0.2, 0.25) is 0 Å². The predicted octanol–water partition coefficient (Wildman–Crippen LogP) is 2.82. The van der Waals surface area contributed by atoms with Gasteiger partial charge in [0.25, 0.3) is 0 Å². The summed E-state index contributed by atoms with van der Waals surface area (Å²) in [4.78, 5) is 4.22. The third-order valence-electron chi connectivity index (χ3n) is 2.84. The van der Waals surface area contributed by atoms with Crippen molar-refractivity contribution in [3.8, 4) is 0 Å². The van der Waals surface area contributed by atoms with E-state index in [2.05, 4.69) is 48.6 Å². The number of halogens is 1. The van der Waals surface area contributed by atoms with Gasteiger partial charge in [0.15, 0.2) is 5.96 Å². The molecule has 1 unspecified atom stereocenters. The van der Waals surface area contributed by atoms with Crippen molar-refractivity contribution in [3.05, 3.63) is 23.7 Å². The monoisotopic (exact) mass is 408 g/mol. The Labute approximate surface area is 145 Å². The Morgan fingerprint density at radius 1 is 1.29 bits per heavy atom. The van der Waals surface area contributed by atoms with E-state index in [1.54, 1.807) is 7.05 Å². The van der Waals surface area contributed by atoms with Crippen LogP contribution in [0.15, 0.2) is 21.5 Å². The molecule has 3 N–H and O–H groups in total. The molecule has 0 saturated carbocycles. The van der Waals surface area contributed by atoms with E-state index in [1.807, 2.05) is 19.1 Å². The summed E-state index contributed by atoms with van der Waals surface area (Å²) in [6.45, 7) is 12.2. The Bertz CT molecular complexity index is 437. The molecule has 1 aromatic heterocycles. The van der Waals surface area contributed by atoms with Gasteiger partial charge in [0.1, 0.15) is 11.5 Å². The number of nitrogens with zero attached hydrogens (tertiary/aromatic N) is 1. The molecule has 0 radical (unpaired) electrons. The van der Waals surface area contributed by atoms with E-state index >= 15 is 0 Å². The van der Waals surface area contributed by atoms with E-state index in [4.69, 9.17) is 4.42 Å². The Hall–Kier alpha value is -0.760. The van der Waals surface area contributed by atoms with Crippen molar-refractivity contribution in [2.24, 2.45) is 4.99 Å². The topological polar surface area (TPSA) is 61.6 Å². The molecule has 0 bridgehead atoms. The van der Waals surface area contributed by atoms with Gasteiger partial charge in [-0.15, -0.1) is 24.0 Å². The fraction of sp³-hybridized carbons (Fsp3) is 0.667. The van der Waals surface area contributed by atoms with Crippen molar-refractivity contribution >= 4 is 29.9 Å². The highest BCUT2D eigenvalue weighted by Crippen LogP contribution is 2.15. The van der Waals surface area contributed by atoms with Gasteiger partial charge in [0, 0.05) is 25.7 Å². The third-order valence-corrected chi connectivity index (χ3v) is 2.84. The molecular weight excluding hydrogens is 379 g/mol. The van der Waals surface area contributed by atoms with Gasteiger partial charge in [-0.1, -0.05) is 0 Å². The van der Waals surface area contributed by atoms with Gasteiger partial charge in [-0.05, 0) is 46.8 Å². The highest BCUT2D eigenvalue weighted by molar-refractivity contribution is 14.0. The fourth-order valence-electron chi connectivity index (χ4n) is 1.78. The molecule has 1 atom stereocenters. The zero-order valence-electron chi connectivity index (χ0n) is 13.9. The molecule has 5 nitrogen and oxygen atoms in total. The molecule has 1 heterocycles. The summed E-state index contributed by atoms with van der Waals surface area (Å²) >= 11 is 0. The molecule has 0 aliphatic carbocycles. The SMILES string of the molecule is CN=C(NCCNC(C)(C)C)NC(C)c1ccc(C)o1.I. The van der Waals surface area contributed by atoms with Crippen LogP contribution in [0.4, 0.5) is 0 Å². The fourth-order valence-corrected chi connectivity index (χ4v) is 1.78. The minimum Gasteiger partial charge on any atom is -0.464 e. The molecular formula is C15H29IN4O. The number of hydrogen-bond donors (Lipinski definition) is 3. The number of guanidine groups is 1. The van der Waals surface area contributed by atoms with Gasteiger partial charge < -0.3 is 20.4 Å². The maximum absolute atomic E-state index is 5.60. The Kier molecular flexibility index (Phi) is 8.96. The lowest BCUT2D eigenvalue weighted by Gasteiger charge is -2.21. The smallest absolute Gasteiger partial charge is 0.191 e. The lowest BCUT2D eigenvalue weighted by molar-refractivity contribution is 0.425. The normalized spacial score (nSPS) is 13.5. The molecule has 21 heavy (non-hydrogen) atoms. The van der Waals surface area contributed by atoms with Gasteiger partial charge in [-0.3, -0.25) is 4.99 Å². The summed E-state index contributed by atoms with van der Waals surface area (Å²) in [5.74, 6) is 2.62. The zero-order valence-corrected chi connectivity index (χ0v) is 16.2. The van der Waals surface area contributed by atoms with Crippen LogP contribution in [-0.2, 0) is 0 Å². The van der Waals surface area contributed by atoms with Crippen molar-refractivity contribution in [3.63, 3.8) is 0 Å². The number of hydrogen-bond acceptors (Lipinski definition) is 3. The second kappa shape index (κ2) is 9.30. The van der Waals surface area contributed by atoms with E-state index in [1.165, 1.54) is 0 Å². The van der Waals surface area contributed by atoms with E-state index in [-0.39, 0.29) is 35.6 Å². The van der Waals surface area contributed by atoms with E-state index in [9.17, 15) is 0 Å². The summed E-state index contributed by atoms with van der Waals surface area (Å²) in [6, 6.07) is 4.05. The highest BCUT2D eigenvalue weighted by Gasteiger charge is 2.11. The van der Waals surface area contributed by atoms with Crippen LogP contribution < -0.4 is 16.0 Å². The van der Waals surface area contributed by atoms with Gasteiger partial charge in [-0.25, -0.2) is 0 Å². The van der Waals surface area contributed by atoms with Crippen LogP contribution >= 0.6 is 24.0 Å². The van der Waals surface area contributed by atoms with Crippen LogP contribution in [0.1, 0.15) is 45.3 Å². The number of furan rings is 1. The minimum absolute atomic E-state index is 0. The summed E-state index contributed by atoms with van der Waals surface area (Å²) in [6.07, 6.45) is 0. The summed E-state index contributed by atoms with van der Waals surface area (Å²) in [5, 5.41) is 10.0. The molecule has 0 fully saturated rings. The van der Waals surface area contributed by atoms with Crippen molar-refractivity contribution in [1.82, 2.24) is 16.0 Å². The maximum atomic E-state index is 5.60. The standard InChI is InChI=1S/C15H28N4O.HI/c1-11-7-8-13(20-11)12(2)19-14(16-6)17-9-10-18-15(3,4)5;/h7-8,12,18H,9-10H2,1-6H3,(H2,16,17,19);1H. The molecule has 0 amide bonds. The molecule has 0 aliphatic heterocycles. The van der Waals surface area contributed by atoms with E-state index < -0.39 is 0 Å². The first-order valence-corrected chi connectivity index (χ1v) is 7.10. The predicted molar refractivity (Wildman–Crippen MR) is 99.5 cm³/mol. The van der Waals surface area contributed by atoms with Crippen molar-refractivity contribution in [2.75, 3.05) is 20.1 Å². The molecule has 0 aliphatic rings. The number of aryl methyl sites for hydroxylation is 1. The maximum Gasteiger partial charge on any atom is 0.191 e. The molecule has 1 aromatic rings. The lowest BCUT2D eigenvalue weighted by Crippen LogP contribution is -2.45.